The topological polar surface area (TPSA) is 71.8 Å². The number of hydrogen-bond acceptors (Lipinski definition) is 5. The van der Waals surface area contributed by atoms with E-state index in [0.717, 1.165) is 23.1 Å². The molecule has 0 aliphatic carbocycles. The number of rotatable bonds is 7. The first-order valence-electron chi connectivity index (χ1n) is 9.17. The minimum atomic E-state index is -0.389. The monoisotopic (exact) mass is 380 g/mol. The highest BCUT2D eigenvalue weighted by atomic mass is 16.5. The van der Waals surface area contributed by atoms with E-state index >= 15 is 0 Å². The second-order valence-corrected chi connectivity index (χ2v) is 6.64. The number of benzene rings is 2. The maximum absolute atomic E-state index is 12.7. The number of aryl methyl sites for hydroxylation is 1. The zero-order chi connectivity index (χ0) is 20.1. The molecule has 0 aliphatic heterocycles. The zero-order valence-electron chi connectivity index (χ0n) is 16.3. The summed E-state index contributed by atoms with van der Waals surface area (Å²) in [6.45, 7) is 3.11. The Morgan fingerprint density at radius 1 is 1.18 bits per heavy atom. The number of amides is 1. The van der Waals surface area contributed by atoms with Crippen LogP contribution in [0.2, 0.25) is 0 Å². The largest absolute Gasteiger partial charge is 0.496 e. The standard InChI is InChI=1S/C22H24N2O4/c1-15-8-6-10-17(21(15)27-3)22(26)24(2)13-7-12-23-18-14-20(25)28-19-11-5-4-9-16(18)19/h4-6,8-11,14,23H,7,12-13H2,1-3H3. The number of hydrogen-bond donors (Lipinski definition) is 1. The molecule has 1 heterocycles. The summed E-state index contributed by atoms with van der Waals surface area (Å²) in [5, 5.41) is 4.13. The molecule has 0 bridgehead atoms. The Kier molecular flexibility index (Phi) is 5.99. The van der Waals surface area contributed by atoms with Crippen LogP contribution in [0.3, 0.4) is 0 Å². The molecule has 1 amide bonds. The molecule has 6 nitrogen and oxygen atoms in total. The summed E-state index contributed by atoms with van der Waals surface area (Å²) in [5.41, 5.74) is 2.39. The van der Waals surface area contributed by atoms with Crippen molar-refractivity contribution in [3.63, 3.8) is 0 Å². The van der Waals surface area contributed by atoms with E-state index in [1.54, 1.807) is 31.2 Å². The number of fused-ring (bicyclic) bond motifs is 1. The van der Waals surface area contributed by atoms with Gasteiger partial charge in [0.1, 0.15) is 11.3 Å². The van der Waals surface area contributed by atoms with Gasteiger partial charge >= 0.3 is 5.63 Å². The van der Waals surface area contributed by atoms with Crippen molar-refractivity contribution in [1.82, 2.24) is 4.90 Å². The fourth-order valence-corrected chi connectivity index (χ4v) is 3.20. The maximum atomic E-state index is 12.7. The summed E-state index contributed by atoms with van der Waals surface area (Å²) in [4.78, 5) is 26.1. The lowest BCUT2D eigenvalue weighted by Gasteiger charge is -2.19. The van der Waals surface area contributed by atoms with Crippen molar-refractivity contribution in [3.8, 4) is 5.75 Å². The van der Waals surface area contributed by atoms with Crippen LogP contribution >= 0.6 is 0 Å². The molecule has 0 saturated heterocycles. The van der Waals surface area contributed by atoms with E-state index in [9.17, 15) is 9.59 Å². The van der Waals surface area contributed by atoms with Gasteiger partial charge in [-0.15, -0.1) is 0 Å². The number of para-hydroxylation sites is 2. The van der Waals surface area contributed by atoms with Gasteiger partial charge in [0.05, 0.1) is 18.4 Å². The van der Waals surface area contributed by atoms with Gasteiger partial charge in [-0.1, -0.05) is 24.3 Å². The first-order valence-corrected chi connectivity index (χ1v) is 9.17. The number of nitrogens with zero attached hydrogens (tertiary/aromatic N) is 1. The van der Waals surface area contributed by atoms with E-state index < -0.39 is 0 Å². The summed E-state index contributed by atoms with van der Waals surface area (Å²) in [6.07, 6.45) is 0.727. The van der Waals surface area contributed by atoms with E-state index in [0.29, 0.717) is 30.0 Å². The van der Waals surface area contributed by atoms with Gasteiger partial charge in [0.25, 0.3) is 5.91 Å². The Balaban J connectivity index is 1.61. The molecule has 146 valence electrons. The minimum absolute atomic E-state index is 0.0774. The molecule has 1 N–H and O–H groups in total. The molecule has 3 aromatic rings. The molecule has 0 unspecified atom stereocenters. The predicted molar refractivity (Wildman–Crippen MR) is 110 cm³/mol. The summed E-state index contributed by atoms with van der Waals surface area (Å²) in [7, 11) is 3.35. The van der Waals surface area contributed by atoms with Gasteiger partial charge in [-0.2, -0.15) is 0 Å². The smallest absolute Gasteiger partial charge is 0.338 e. The average Bonchev–Trinajstić information content (AvgIpc) is 2.70. The SMILES string of the molecule is COc1c(C)cccc1C(=O)N(C)CCCNc1cc(=O)oc2ccccc12. The van der Waals surface area contributed by atoms with Crippen molar-refractivity contribution in [1.29, 1.82) is 0 Å². The highest BCUT2D eigenvalue weighted by molar-refractivity contribution is 5.97. The second-order valence-electron chi connectivity index (χ2n) is 6.64. The average molecular weight is 380 g/mol. The number of carbonyl (C=O) groups is 1. The summed E-state index contributed by atoms with van der Waals surface area (Å²) in [5.74, 6) is 0.534. The Morgan fingerprint density at radius 2 is 1.96 bits per heavy atom. The van der Waals surface area contributed by atoms with Crippen molar-refractivity contribution in [2.75, 3.05) is 32.6 Å². The van der Waals surface area contributed by atoms with Crippen LogP contribution < -0.4 is 15.7 Å². The molecular weight excluding hydrogens is 356 g/mol. The first kappa shape index (κ1) is 19.5. The quantitative estimate of drug-likeness (QED) is 0.500. The van der Waals surface area contributed by atoms with Crippen LogP contribution in [0, 0.1) is 6.92 Å². The van der Waals surface area contributed by atoms with E-state index in [-0.39, 0.29) is 11.5 Å². The fraction of sp³-hybridized carbons (Fsp3) is 0.273. The third kappa shape index (κ3) is 4.17. The van der Waals surface area contributed by atoms with Gasteiger partial charge in [0.15, 0.2) is 0 Å². The second kappa shape index (κ2) is 8.61. The number of anilines is 1. The number of ether oxygens (including phenoxy) is 1. The van der Waals surface area contributed by atoms with Gasteiger partial charge in [0.2, 0.25) is 0 Å². The van der Waals surface area contributed by atoms with Crippen molar-refractivity contribution < 1.29 is 13.9 Å². The zero-order valence-corrected chi connectivity index (χ0v) is 16.3. The third-order valence-corrected chi connectivity index (χ3v) is 4.63. The number of nitrogens with one attached hydrogen (secondary N) is 1. The Labute approximate surface area is 163 Å². The predicted octanol–water partition coefficient (Wildman–Crippen LogP) is 3.68. The van der Waals surface area contributed by atoms with Crippen molar-refractivity contribution in [2.24, 2.45) is 0 Å². The van der Waals surface area contributed by atoms with Crippen LogP contribution in [-0.4, -0.2) is 38.1 Å². The molecule has 0 radical (unpaired) electrons. The molecule has 6 heteroatoms. The molecule has 0 fully saturated rings. The summed E-state index contributed by atoms with van der Waals surface area (Å²) < 4.78 is 10.6. The molecule has 0 aliphatic rings. The van der Waals surface area contributed by atoms with E-state index in [4.69, 9.17) is 9.15 Å². The van der Waals surface area contributed by atoms with Crippen molar-refractivity contribution in [3.05, 3.63) is 70.1 Å². The third-order valence-electron chi connectivity index (χ3n) is 4.63. The van der Waals surface area contributed by atoms with Gasteiger partial charge in [0, 0.05) is 31.6 Å². The molecule has 0 spiro atoms. The Hall–Kier alpha value is -3.28. The van der Waals surface area contributed by atoms with Crippen LogP contribution in [0.1, 0.15) is 22.3 Å². The van der Waals surface area contributed by atoms with Crippen LogP contribution in [-0.2, 0) is 0 Å². The molecule has 0 atom stereocenters. The molecule has 0 saturated carbocycles. The normalized spacial score (nSPS) is 10.7. The van der Waals surface area contributed by atoms with Gasteiger partial charge in [-0.3, -0.25) is 4.79 Å². The lowest BCUT2D eigenvalue weighted by molar-refractivity contribution is 0.0791. The van der Waals surface area contributed by atoms with Gasteiger partial charge < -0.3 is 19.4 Å². The van der Waals surface area contributed by atoms with Gasteiger partial charge in [-0.05, 0) is 37.1 Å². The number of methoxy groups -OCH3 is 1. The molecule has 3 rings (SSSR count). The summed E-state index contributed by atoms with van der Waals surface area (Å²) >= 11 is 0. The van der Waals surface area contributed by atoms with E-state index in [1.165, 1.54) is 6.07 Å². The van der Waals surface area contributed by atoms with Crippen LogP contribution in [0.15, 0.2) is 57.7 Å². The highest BCUT2D eigenvalue weighted by Crippen LogP contribution is 2.24. The fourth-order valence-electron chi connectivity index (χ4n) is 3.20. The Morgan fingerprint density at radius 3 is 2.75 bits per heavy atom. The van der Waals surface area contributed by atoms with Crippen LogP contribution in [0.5, 0.6) is 5.75 Å². The lowest BCUT2D eigenvalue weighted by atomic mass is 10.1. The Bertz CT molecular complexity index is 1040. The maximum Gasteiger partial charge on any atom is 0.338 e. The van der Waals surface area contributed by atoms with Crippen LogP contribution in [0.25, 0.3) is 11.0 Å². The van der Waals surface area contributed by atoms with Crippen LogP contribution in [0.4, 0.5) is 5.69 Å². The highest BCUT2D eigenvalue weighted by Gasteiger charge is 2.17. The molecule has 2 aromatic carbocycles. The van der Waals surface area contributed by atoms with Crippen molar-refractivity contribution in [2.45, 2.75) is 13.3 Å². The van der Waals surface area contributed by atoms with E-state index in [2.05, 4.69) is 5.32 Å². The minimum Gasteiger partial charge on any atom is -0.496 e. The molecule has 1 aromatic heterocycles. The first-order chi connectivity index (χ1) is 13.5. The molecular formula is C22H24N2O4. The number of carbonyl (C=O) groups excluding carboxylic acids is 1. The molecule has 28 heavy (non-hydrogen) atoms. The van der Waals surface area contributed by atoms with Gasteiger partial charge in [-0.25, -0.2) is 4.79 Å². The van der Waals surface area contributed by atoms with Crippen molar-refractivity contribution >= 4 is 22.6 Å². The van der Waals surface area contributed by atoms with E-state index in [1.807, 2.05) is 37.3 Å². The lowest BCUT2D eigenvalue weighted by Crippen LogP contribution is -2.29. The summed E-state index contributed by atoms with van der Waals surface area (Å²) in [6, 6.07) is 14.4.